The van der Waals surface area contributed by atoms with Gasteiger partial charge in [0.2, 0.25) is 0 Å². The molecular weight excluding hydrogens is 222 g/mol. The summed E-state index contributed by atoms with van der Waals surface area (Å²) in [6.07, 6.45) is 0. The van der Waals surface area contributed by atoms with E-state index in [4.69, 9.17) is 11.1 Å². The molecule has 0 heterocycles. The molecule has 0 aliphatic heterocycles. The Bertz CT molecular complexity index is 412. The largest absolute Gasteiger partial charge is 0.387 e. The zero-order valence-corrected chi connectivity index (χ0v) is 12.0. The highest BCUT2D eigenvalue weighted by atomic mass is 15.1. The van der Waals surface area contributed by atoms with Crippen molar-refractivity contribution in [3.8, 4) is 0 Å². The number of hydrogen-bond donors (Lipinski definition) is 2. The van der Waals surface area contributed by atoms with Gasteiger partial charge in [-0.15, -0.1) is 0 Å². The number of nitrogens with zero attached hydrogens (tertiary/aromatic N) is 1. The van der Waals surface area contributed by atoms with E-state index in [0.717, 1.165) is 19.6 Å². The molecule has 1 rings (SSSR count). The first-order chi connectivity index (χ1) is 8.43. The summed E-state index contributed by atoms with van der Waals surface area (Å²) < 4.78 is 0. The maximum absolute atomic E-state index is 7.48. The van der Waals surface area contributed by atoms with Gasteiger partial charge < -0.3 is 5.73 Å². The van der Waals surface area contributed by atoms with Gasteiger partial charge in [-0.2, -0.15) is 0 Å². The summed E-state index contributed by atoms with van der Waals surface area (Å²) in [5.41, 5.74) is 9.54. The van der Waals surface area contributed by atoms with Crippen LogP contribution in [0.1, 0.15) is 30.5 Å². The van der Waals surface area contributed by atoms with Crippen molar-refractivity contribution in [2.75, 3.05) is 13.1 Å². The lowest BCUT2D eigenvalue weighted by Crippen LogP contribution is -2.34. The standard InChI is InChI=1S/C15H25N3/c1-5-18(9-13(4)15(16)17)10-14-8-11(2)6-7-12(14)3/h6-8,13H,5,9-10H2,1-4H3,(H3,16,17). The molecule has 3 N–H and O–H groups in total. The number of aryl methyl sites for hydroxylation is 2. The zero-order valence-electron chi connectivity index (χ0n) is 12.0. The predicted molar refractivity (Wildman–Crippen MR) is 77.9 cm³/mol. The van der Waals surface area contributed by atoms with Gasteiger partial charge in [0.25, 0.3) is 0 Å². The zero-order chi connectivity index (χ0) is 13.7. The molecule has 0 aromatic heterocycles. The summed E-state index contributed by atoms with van der Waals surface area (Å²) in [5.74, 6) is 0.393. The molecule has 0 radical (unpaired) electrons. The van der Waals surface area contributed by atoms with Crippen molar-refractivity contribution in [1.29, 1.82) is 5.41 Å². The van der Waals surface area contributed by atoms with E-state index >= 15 is 0 Å². The molecule has 3 heteroatoms. The fourth-order valence-corrected chi connectivity index (χ4v) is 2.00. The number of rotatable bonds is 6. The maximum atomic E-state index is 7.48. The van der Waals surface area contributed by atoms with Crippen molar-refractivity contribution < 1.29 is 0 Å². The van der Waals surface area contributed by atoms with E-state index in [1.54, 1.807) is 0 Å². The van der Waals surface area contributed by atoms with Gasteiger partial charge in [0.05, 0.1) is 5.84 Å². The first kappa shape index (κ1) is 14.7. The molecule has 18 heavy (non-hydrogen) atoms. The normalized spacial score (nSPS) is 12.7. The van der Waals surface area contributed by atoms with Crippen LogP contribution in [-0.4, -0.2) is 23.8 Å². The quantitative estimate of drug-likeness (QED) is 0.600. The second-order valence-electron chi connectivity index (χ2n) is 5.11. The highest BCUT2D eigenvalue weighted by Crippen LogP contribution is 2.14. The molecule has 1 aromatic rings. The number of nitrogens with two attached hydrogens (primary N) is 1. The summed E-state index contributed by atoms with van der Waals surface area (Å²) >= 11 is 0. The fourth-order valence-electron chi connectivity index (χ4n) is 2.00. The van der Waals surface area contributed by atoms with Crippen LogP contribution in [0.25, 0.3) is 0 Å². The summed E-state index contributed by atoms with van der Waals surface area (Å²) in [6, 6.07) is 6.57. The van der Waals surface area contributed by atoms with Crippen LogP contribution in [0.15, 0.2) is 18.2 Å². The molecular formula is C15H25N3. The lowest BCUT2D eigenvalue weighted by molar-refractivity contribution is 0.262. The van der Waals surface area contributed by atoms with Crippen molar-refractivity contribution in [2.45, 2.75) is 34.2 Å². The molecule has 100 valence electrons. The third-order valence-electron chi connectivity index (χ3n) is 3.41. The highest BCUT2D eigenvalue weighted by Gasteiger charge is 2.12. The van der Waals surface area contributed by atoms with Crippen molar-refractivity contribution in [3.63, 3.8) is 0 Å². The van der Waals surface area contributed by atoms with Crippen molar-refractivity contribution >= 4 is 5.84 Å². The van der Waals surface area contributed by atoms with E-state index in [2.05, 4.69) is 43.9 Å². The summed E-state index contributed by atoms with van der Waals surface area (Å²) in [6.45, 7) is 11.2. The number of hydrogen-bond acceptors (Lipinski definition) is 2. The van der Waals surface area contributed by atoms with Gasteiger partial charge >= 0.3 is 0 Å². The molecule has 0 bridgehead atoms. The number of benzene rings is 1. The second-order valence-corrected chi connectivity index (χ2v) is 5.11. The monoisotopic (exact) mass is 247 g/mol. The lowest BCUT2D eigenvalue weighted by Gasteiger charge is -2.24. The molecule has 0 aliphatic carbocycles. The topological polar surface area (TPSA) is 53.1 Å². The molecule has 1 aromatic carbocycles. The molecule has 0 fully saturated rings. The van der Waals surface area contributed by atoms with E-state index in [1.807, 2.05) is 6.92 Å². The number of nitrogens with one attached hydrogen (secondary N) is 1. The van der Waals surface area contributed by atoms with Crippen LogP contribution >= 0.6 is 0 Å². The van der Waals surface area contributed by atoms with Crippen LogP contribution in [0.3, 0.4) is 0 Å². The summed E-state index contributed by atoms with van der Waals surface area (Å²) in [4.78, 5) is 2.34. The van der Waals surface area contributed by atoms with Gasteiger partial charge in [0.1, 0.15) is 0 Å². The van der Waals surface area contributed by atoms with E-state index in [-0.39, 0.29) is 11.8 Å². The molecule has 3 nitrogen and oxygen atoms in total. The number of amidine groups is 1. The minimum Gasteiger partial charge on any atom is -0.387 e. The molecule has 0 spiro atoms. The average molecular weight is 247 g/mol. The summed E-state index contributed by atoms with van der Waals surface area (Å²) in [5, 5.41) is 7.48. The minimum atomic E-state index is 0.120. The Labute approximate surface area is 111 Å². The fraction of sp³-hybridized carbons (Fsp3) is 0.533. The van der Waals surface area contributed by atoms with Crippen molar-refractivity contribution in [1.82, 2.24) is 4.90 Å². The molecule has 0 aliphatic rings. The van der Waals surface area contributed by atoms with Crippen molar-refractivity contribution in [3.05, 3.63) is 34.9 Å². The maximum Gasteiger partial charge on any atom is 0.0947 e. The van der Waals surface area contributed by atoms with E-state index in [0.29, 0.717) is 0 Å². The minimum absolute atomic E-state index is 0.120. The highest BCUT2D eigenvalue weighted by molar-refractivity contribution is 5.79. The molecule has 0 saturated heterocycles. The third kappa shape index (κ3) is 4.15. The van der Waals surface area contributed by atoms with Crippen LogP contribution in [0.5, 0.6) is 0 Å². The van der Waals surface area contributed by atoms with Gasteiger partial charge in [-0.1, -0.05) is 37.6 Å². The molecule has 0 amide bonds. The van der Waals surface area contributed by atoms with Gasteiger partial charge in [-0.3, -0.25) is 10.3 Å². The first-order valence-electron chi connectivity index (χ1n) is 6.56. The Kier molecular flexibility index (Phi) is 5.35. The van der Waals surface area contributed by atoms with Crippen LogP contribution in [0, 0.1) is 25.2 Å². The predicted octanol–water partition coefficient (Wildman–Crippen LogP) is 2.70. The van der Waals surface area contributed by atoms with Crippen LogP contribution in [0.4, 0.5) is 0 Å². The Morgan fingerprint density at radius 2 is 2.06 bits per heavy atom. The first-order valence-corrected chi connectivity index (χ1v) is 6.56. The smallest absolute Gasteiger partial charge is 0.0947 e. The lowest BCUT2D eigenvalue weighted by atomic mass is 10.0. The van der Waals surface area contributed by atoms with Gasteiger partial charge in [0, 0.05) is 19.0 Å². The van der Waals surface area contributed by atoms with Crippen molar-refractivity contribution in [2.24, 2.45) is 11.7 Å². The Balaban J connectivity index is 2.73. The van der Waals surface area contributed by atoms with E-state index in [9.17, 15) is 0 Å². The Morgan fingerprint density at radius 1 is 1.39 bits per heavy atom. The third-order valence-corrected chi connectivity index (χ3v) is 3.41. The van der Waals surface area contributed by atoms with Gasteiger partial charge in [0.15, 0.2) is 0 Å². The van der Waals surface area contributed by atoms with Crippen LogP contribution < -0.4 is 5.73 Å². The molecule has 0 saturated carbocycles. The molecule has 1 atom stereocenters. The van der Waals surface area contributed by atoms with Crippen LogP contribution in [-0.2, 0) is 6.54 Å². The average Bonchev–Trinajstić information content (AvgIpc) is 2.32. The van der Waals surface area contributed by atoms with Gasteiger partial charge in [-0.05, 0) is 31.5 Å². The molecule has 1 unspecified atom stereocenters. The Morgan fingerprint density at radius 3 is 2.61 bits per heavy atom. The van der Waals surface area contributed by atoms with Gasteiger partial charge in [-0.25, -0.2) is 0 Å². The van der Waals surface area contributed by atoms with E-state index in [1.165, 1.54) is 16.7 Å². The van der Waals surface area contributed by atoms with E-state index < -0.39 is 0 Å². The SMILES string of the molecule is CCN(Cc1cc(C)ccc1C)CC(C)C(=N)N. The second kappa shape index (κ2) is 6.55. The Hall–Kier alpha value is -1.35. The van der Waals surface area contributed by atoms with Crippen LogP contribution in [0.2, 0.25) is 0 Å². The summed E-state index contributed by atoms with van der Waals surface area (Å²) in [7, 11) is 0.